The minimum Gasteiger partial charge on any atom is -0.381 e. The third-order valence-corrected chi connectivity index (χ3v) is 4.57. The predicted molar refractivity (Wildman–Crippen MR) is 72.8 cm³/mol. The van der Waals surface area contributed by atoms with Gasteiger partial charge in [-0.05, 0) is 32.4 Å². The summed E-state index contributed by atoms with van der Waals surface area (Å²) in [5.74, 6) is 0.686. The van der Waals surface area contributed by atoms with E-state index in [0.29, 0.717) is 17.4 Å². The summed E-state index contributed by atoms with van der Waals surface area (Å²) < 4.78 is 11.2. The van der Waals surface area contributed by atoms with Gasteiger partial charge in [-0.2, -0.15) is 0 Å². The van der Waals surface area contributed by atoms with Crippen molar-refractivity contribution in [1.82, 2.24) is 10.2 Å². The van der Waals surface area contributed by atoms with Crippen LogP contribution in [0.1, 0.15) is 19.8 Å². The van der Waals surface area contributed by atoms with Crippen LogP contribution in [-0.2, 0) is 9.47 Å². The van der Waals surface area contributed by atoms with Gasteiger partial charge in [0.05, 0.1) is 12.7 Å². The molecule has 4 nitrogen and oxygen atoms in total. The summed E-state index contributed by atoms with van der Waals surface area (Å²) in [6.45, 7) is 8.58. The molecule has 2 fully saturated rings. The van der Waals surface area contributed by atoms with E-state index in [1.54, 1.807) is 0 Å². The molecule has 2 aliphatic rings. The molecule has 0 aromatic rings. The van der Waals surface area contributed by atoms with Crippen molar-refractivity contribution < 1.29 is 9.47 Å². The number of nitrogens with zero attached hydrogens (tertiary/aromatic N) is 1. The van der Waals surface area contributed by atoms with E-state index in [1.165, 1.54) is 19.4 Å². The fourth-order valence-electron chi connectivity index (χ4n) is 3.37. The number of hydrogen-bond donors (Lipinski definition) is 1. The maximum Gasteiger partial charge on any atom is 0.0724 e. The van der Waals surface area contributed by atoms with Crippen molar-refractivity contribution in [3.8, 4) is 0 Å². The molecule has 1 N–H and O–H groups in total. The highest BCUT2D eigenvalue weighted by atomic mass is 16.5. The van der Waals surface area contributed by atoms with Crippen LogP contribution in [0.15, 0.2) is 0 Å². The van der Waals surface area contributed by atoms with Crippen LogP contribution in [0.2, 0.25) is 0 Å². The molecule has 0 aromatic heterocycles. The van der Waals surface area contributed by atoms with E-state index >= 15 is 0 Å². The molecule has 3 atom stereocenters. The lowest BCUT2D eigenvalue weighted by Crippen LogP contribution is -2.50. The van der Waals surface area contributed by atoms with Crippen molar-refractivity contribution in [2.24, 2.45) is 11.3 Å². The Morgan fingerprint density at radius 1 is 1.50 bits per heavy atom. The third-order valence-electron chi connectivity index (χ3n) is 4.57. The minimum absolute atomic E-state index is 0.313. The van der Waals surface area contributed by atoms with Crippen LogP contribution in [0.5, 0.6) is 0 Å². The molecule has 2 heterocycles. The summed E-state index contributed by atoms with van der Waals surface area (Å²) in [6.07, 6.45) is 2.82. The number of nitrogens with one attached hydrogen (secondary N) is 1. The van der Waals surface area contributed by atoms with E-state index in [1.807, 2.05) is 14.2 Å². The second-order valence-electron chi connectivity index (χ2n) is 6.11. The fraction of sp³-hybridized carbons (Fsp3) is 1.00. The highest BCUT2D eigenvalue weighted by Crippen LogP contribution is 2.31. The number of piperidine rings is 1. The molecule has 0 spiro atoms. The van der Waals surface area contributed by atoms with Gasteiger partial charge in [-0.3, -0.25) is 0 Å². The lowest BCUT2D eigenvalue weighted by molar-refractivity contribution is -0.0190. The van der Waals surface area contributed by atoms with Gasteiger partial charge in [0, 0.05) is 38.8 Å². The molecule has 0 amide bonds. The third kappa shape index (κ3) is 3.23. The highest BCUT2D eigenvalue weighted by molar-refractivity contribution is 4.90. The fourth-order valence-corrected chi connectivity index (χ4v) is 3.37. The molecule has 0 saturated carbocycles. The molecule has 0 bridgehead atoms. The number of hydrogen-bond acceptors (Lipinski definition) is 4. The zero-order chi connectivity index (χ0) is 13.0. The smallest absolute Gasteiger partial charge is 0.0724 e. The van der Waals surface area contributed by atoms with Crippen LogP contribution in [-0.4, -0.2) is 64.6 Å². The van der Waals surface area contributed by atoms with Crippen molar-refractivity contribution in [1.29, 1.82) is 0 Å². The van der Waals surface area contributed by atoms with Gasteiger partial charge in [-0.15, -0.1) is 0 Å². The summed E-state index contributed by atoms with van der Waals surface area (Å²) in [5.41, 5.74) is 0.313. The normalized spacial score (nSPS) is 38.2. The molecule has 4 heteroatoms. The summed E-state index contributed by atoms with van der Waals surface area (Å²) in [4.78, 5) is 2.57. The molecule has 0 aliphatic carbocycles. The van der Waals surface area contributed by atoms with Gasteiger partial charge in [0.1, 0.15) is 0 Å². The highest BCUT2D eigenvalue weighted by Gasteiger charge is 2.38. The summed E-state index contributed by atoms with van der Waals surface area (Å²) in [6, 6.07) is 0. The van der Waals surface area contributed by atoms with Crippen LogP contribution in [0.25, 0.3) is 0 Å². The predicted octanol–water partition coefficient (Wildman–Crippen LogP) is 0.969. The Morgan fingerprint density at radius 2 is 2.33 bits per heavy atom. The van der Waals surface area contributed by atoms with E-state index in [9.17, 15) is 0 Å². The molecule has 2 rings (SSSR count). The average molecular weight is 256 g/mol. The van der Waals surface area contributed by atoms with Crippen LogP contribution >= 0.6 is 0 Å². The lowest BCUT2D eigenvalue weighted by Gasteiger charge is -2.40. The van der Waals surface area contributed by atoms with E-state index in [0.717, 1.165) is 32.8 Å². The first-order chi connectivity index (χ1) is 8.69. The van der Waals surface area contributed by atoms with Gasteiger partial charge in [0.25, 0.3) is 0 Å². The Labute approximate surface area is 111 Å². The Kier molecular flexibility index (Phi) is 5.01. The summed E-state index contributed by atoms with van der Waals surface area (Å²) in [5, 5.41) is 3.34. The minimum atomic E-state index is 0.313. The molecule has 18 heavy (non-hydrogen) atoms. The van der Waals surface area contributed by atoms with Gasteiger partial charge < -0.3 is 19.7 Å². The first kappa shape index (κ1) is 14.3. The Balaban J connectivity index is 1.91. The van der Waals surface area contributed by atoms with Crippen molar-refractivity contribution in [3.63, 3.8) is 0 Å². The molecule has 3 unspecified atom stereocenters. The van der Waals surface area contributed by atoms with Gasteiger partial charge in [0.15, 0.2) is 0 Å². The van der Waals surface area contributed by atoms with Crippen molar-refractivity contribution in [2.45, 2.75) is 25.9 Å². The molecule has 106 valence electrons. The van der Waals surface area contributed by atoms with Gasteiger partial charge >= 0.3 is 0 Å². The van der Waals surface area contributed by atoms with Gasteiger partial charge in [-0.25, -0.2) is 0 Å². The van der Waals surface area contributed by atoms with Gasteiger partial charge in [0.2, 0.25) is 0 Å². The standard InChI is InChI=1S/C14H28N2O2/c1-12-4-6-16(8-13(12)17-3)10-14(9-15-2)5-7-18-11-14/h12-13,15H,4-11H2,1-3H3. The van der Waals surface area contributed by atoms with Crippen molar-refractivity contribution in [2.75, 3.05) is 53.6 Å². The largest absolute Gasteiger partial charge is 0.381 e. The Hall–Kier alpha value is -0.160. The zero-order valence-corrected chi connectivity index (χ0v) is 12.1. The van der Waals surface area contributed by atoms with Crippen LogP contribution < -0.4 is 5.32 Å². The number of methoxy groups -OCH3 is 1. The van der Waals surface area contributed by atoms with Crippen LogP contribution in [0.3, 0.4) is 0 Å². The molecule has 2 aliphatic heterocycles. The Bertz CT molecular complexity index is 254. The first-order valence-corrected chi connectivity index (χ1v) is 7.16. The lowest BCUT2D eigenvalue weighted by atomic mass is 9.85. The van der Waals surface area contributed by atoms with Crippen molar-refractivity contribution >= 4 is 0 Å². The summed E-state index contributed by atoms with van der Waals surface area (Å²) in [7, 11) is 3.88. The van der Waals surface area contributed by atoms with E-state index in [2.05, 4.69) is 17.1 Å². The maximum atomic E-state index is 5.63. The van der Waals surface area contributed by atoms with Crippen LogP contribution in [0.4, 0.5) is 0 Å². The molecule has 0 radical (unpaired) electrons. The number of rotatable bonds is 5. The number of likely N-dealkylation sites (tertiary alicyclic amines) is 1. The first-order valence-electron chi connectivity index (χ1n) is 7.16. The molecule has 2 saturated heterocycles. The second kappa shape index (κ2) is 6.33. The number of ether oxygens (including phenoxy) is 2. The van der Waals surface area contributed by atoms with Gasteiger partial charge in [-0.1, -0.05) is 6.92 Å². The SMILES string of the molecule is CNCC1(CN2CCC(C)C(OC)C2)CCOC1. The quantitative estimate of drug-likeness (QED) is 0.795. The topological polar surface area (TPSA) is 33.7 Å². The molecular weight excluding hydrogens is 228 g/mol. The second-order valence-corrected chi connectivity index (χ2v) is 6.11. The zero-order valence-electron chi connectivity index (χ0n) is 12.1. The van der Waals surface area contributed by atoms with E-state index in [-0.39, 0.29) is 0 Å². The average Bonchev–Trinajstić information content (AvgIpc) is 2.81. The molecule has 0 aromatic carbocycles. The van der Waals surface area contributed by atoms with E-state index < -0.39 is 0 Å². The Morgan fingerprint density at radius 3 is 2.94 bits per heavy atom. The monoisotopic (exact) mass is 256 g/mol. The summed E-state index contributed by atoms with van der Waals surface area (Å²) >= 11 is 0. The molecular formula is C14H28N2O2. The van der Waals surface area contributed by atoms with Crippen LogP contribution in [0, 0.1) is 11.3 Å². The van der Waals surface area contributed by atoms with Crippen molar-refractivity contribution in [3.05, 3.63) is 0 Å². The maximum absolute atomic E-state index is 5.63. The van der Waals surface area contributed by atoms with E-state index in [4.69, 9.17) is 9.47 Å².